The largest absolute Gasteiger partial charge is 0.481 e. The Kier molecular flexibility index (Phi) is 8.77. The van der Waals surface area contributed by atoms with Crippen molar-refractivity contribution >= 4 is 45.1 Å². The van der Waals surface area contributed by atoms with Gasteiger partial charge in [0, 0.05) is 28.5 Å². The van der Waals surface area contributed by atoms with E-state index >= 15 is 0 Å². The number of benzene rings is 2. The summed E-state index contributed by atoms with van der Waals surface area (Å²) >= 11 is 12.6. The lowest BCUT2D eigenvalue weighted by Crippen LogP contribution is -2.59. The first kappa shape index (κ1) is 28.9. The number of carbonyl (C=O) groups excluding carboxylic acids is 1. The number of carbonyl (C=O) groups is 2. The Labute approximate surface area is 234 Å². The molecule has 0 radical (unpaired) electrons. The number of carboxylic acids is 1. The molecular weight excluding hydrogens is 547 g/mol. The van der Waals surface area contributed by atoms with Gasteiger partial charge in [-0.25, -0.2) is 13.1 Å². The third-order valence-electron chi connectivity index (χ3n) is 7.64. The number of sulfonamides is 1. The van der Waals surface area contributed by atoms with E-state index in [0.29, 0.717) is 22.9 Å². The zero-order chi connectivity index (χ0) is 27.7. The second-order valence-electron chi connectivity index (χ2n) is 10.8. The maximum absolute atomic E-state index is 14.3. The third-order valence-corrected chi connectivity index (χ3v) is 9.68. The number of nitrogens with zero attached hydrogens (tertiary/aromatic N) is 1. The highest BCUT2D eigenvalue weighted by molar-refractivity contribution is 7.89. The van der Waals surface area contributed by atoms with Crippen molar-refractivity contribution in [1.29, 1.82) is 0 Å². The first-order chi connectivity index (χ1) is 17.9. The maximum Gasteiger partial charge on any atom is 0.304 e. The van der Waals surface area contributed by atoms with Crippen molar-refractivity contribution in [1.82, 2.24) is 9.62 Å². The van der Waals surface area contributed by atoms with E-state index in [1.165, 1.54) is 0 Å². The van der Waals surface area contributed by atoms with Gasteiger partial charge in [0.05, 0.1) is 23.6 Å². The van der Waals surface area contributed by atoms with Crippen molar-refractivity contribution in [3.63, 3.8) is 0 Å². The molecule has 1 saturated carbocycles. The van der Waals surface area contributed by atoms with Gasteiger partial charge in [0.1, 0.15) is 0 Å². The molecular formula is C28H34Cl2N2O5S. The lowest BCUT2D eigenvalue weighted by molar-refractivity contribution is -0.161. The van der Waals surface area contributed by atoms with E-state index in [2.05, 4.69) is 4.72 Å². The summed E-state index contributed by atoms with van der Waals surface area (Å²) in [5.41, 5.74) is 0.566. The van der Waals surface area contributed by atoms with Crippen LogP contribution in [0.2, 0.25) is 10.0 Å². The number of likely N-dealkylation sites (tertiary alicyclic amines) is 1. The summed E-state index contributed by atoms with van der Waals surface area (Å²) < 4.78 is 27.9. The number of piperidine rings is 1. The Morgan fingerprint density at radius 2 is 1.82 bits per heavy atom. The summed E-state index contributed by atoms with van der Waals surface area (Å²) in [5.74, 6) is -1.48. The molecule has 1 amide bonds. The summed E-state index contributed by atoms with van der Waals surface area (Å²) in [6.45, 7) is 3.58. The van der Waals surface area contributed by atoms with Crippen LogP contribution in [0.3, 0.4) is 0 Å². The van der Waals surface area contributed by atoms with Crippen molar-refractivity contribution in [3.8, 4) is 0 Å². The van der Waals surface area contributed by atoms with E-state index in [9.17, 15) is 23.1 Å². The molecule has 10 heteroatoms. The van der Waals surface area contributed by atoms with Crippen LogP contribution in [-0.4, -0.2) is 48.6 Å². The quantitative estimate of drug-likeness (QED) is 0.358. The Bertz CT molecular complexity index is 1280. The lowest BCUT2D eigenvalue weighted by Gasteiger charge is -2.52. The standard InChI is InChI=1S/C28H34Cl2N2O5S/c1-3-13-38(36,37)31-17-24(18-7-8-18)32-26(19-9-11-21(29)12-10-19)23(20-5-4-6-22(30)14-20)15-28(2,27(32)35)16-25(33)34/h4-6,9-12,14,18,23-24,26,31H,3,7-8,13,15-17H2,1-2H3,(H,33,34)/t23?,24-,26?,28-/m1/s1. The number of rotatable bonds is 11. The van der Waals surface area contributed by atoms with Gasteiger partial charge in [0.25, 0.3) is 0 Å². The van der Waals surface area contributed by atoms with Crippen molar-refractivity contribution in [3.05, 3.63) is 69.7 Å². The predicted molar refractivity (Wildman–Crippen MR) is 149 cm³/mol. The van der Waals surface area contributed by atoms with E-state index in [4.69, 9.17) is 23.2 Å². The predicted octanol–water partition coefficient (Wildman–Crippen LogP) is 5.64. The fourth-order valence-corrected chi connectivity index (χ4v) is 7.20. The molecule has 4 rings (SSSR count). The summed E-state index contributed by atoms with van der Waals surface area (Å²) in [6.07, 6.45) is 2.20. The molecule has 0 spiro atoms. The fraction of sp³-hybridized carbons (Fsp3) is 0.500. The van der Waals surface area contributed by atoms with E-state index in [1.807, 2.05) is 30.3 Å². The molecule has 0 aromatic heterocycles. The van der Waals surface area contributed by atoms with Crippen LogP contribution in [0.5, 0.6) is 0 Å². The number of nitrogens with one attached hydrogen (secondary N) is 1. The Morgan fingerprint density at radius 3 is 2.39 bits per heavy atom. The van der Waals surface area contributed by atoms with Crippen LogP contribution in [0, 0.1) is 11.3 Å². The maximum atomic E-state index is 14.3. The fourth-order valence-electron chi connectivity index (χ4n) is 5.77. The van der Waals surface area contributed by atoms with Crippen molar-refractivity contribution < 1.29 is 23.1 Å². The van der Waals surface area contributed by atoms with Gasteiger partial charge in [-0.2, -0.15) is 0 Å². The minimum atomic E-state index is -3.51. The van der Waals surface area contributed by atoms with Gasteiger partial charge in [-0.1, -0.05) is 61.3 Å². The molecule has 206 valence electrons. The zero-order valence-corrected chi connectivity index (χ0v) is 23.9. The van der Waals surface area contributed by atoms with Gasteiger partial charge in [-0.3, -0.25) is 9.59 Å². The van der Waals surface area contributed by atoms with Gasteiger partial charge >= 0.3 is 5.97 Å². The molecule has 1 saturated heterocycles. The molecule has 38 heavy (non-hydrogen) atoms. The molecule has 2 N–H and O–H groups in total. The summed E-state index contributed by atoms with van der Waals surface area (Å²) in [6, 6.07) is 13.9. The van der Waals surface area contributed by atoms with Crippen LogP contribution >= 0.6 is 23.2 Å². The highest BCUT2D eigenvalue weighted by Gasteiger charge is 2.54. The van der Waals surface area contributed by atoms with E-state index < -0.39 is 33.5 Å². The molecule has 2 aromatic carbocycles. The van der Waals surface area contributed by atoms with Gasteiger partial charge < -0.3 is 10.0 Å². The van der Waals surface area contributed by atoms with Crippen LogP contribution in [0.4, 0.5) is 0 Å². The Balaban J connectivity index is 1.86. The van der Waals surface area contributed by atoms with Gasteiger partial charge in [0.2, 0.25) is 15.9 Å². The van der Waals surface area contributed by atoms with Crippen LogP contribution in [0.1, 0.15) is 69.0 Å². The second kappa shape index (κ2) is 11.5. The molecule has 2 aliphatic rings. The minimum Gasteiger partial charge on any atom is -0.481 e. The number of hydrogen-bond acceptors (Lipinski definition) is 4. The van der Waals surface area contributed by atoms with Crippen molar-refractivity contribution in [2.75, 3.05) is 12.3 Å². The third kappa shape index (κ3) is 6.53. The average molecular weight is 582 g/mol. The Hall–Kier alpha value is -2.13. The minimum absolute atomic E-state index is 0.000808. The van der Waals surface area contributed by atoms with Crippen LogP contribution in [0.25, 0.3) is 0 Å². The van der Waals surface area contributed by atoms with E-state index in [-0.39, 0.29) is 36.5 Å². The number of amides is 1. The topological polar surface area (TPSA) is 104 Å². The van der Waals surface area contributed by atoms with E-state index in [0.717, 1.165) is 24.0 Å². The summed E-state index contributed by atoms with van der Waals surface area (Å²) in [5, 5.41) is 10.9. The van der Waals surface area contributed by atoms with Crippen LogP contribution in [0.15, 0.2) is 48.5 Å². The molecule has 2 unspecified atom stereocenters. The van der Waals surface area contributed by atoms with Crippen molar-refractivity contribution in [2.45, 2.75) is 64.0 Å². The molecule has 0 bridgehead atoms. The number of carboxylic acid groups (broad SMARTS) is 1. The number of hydrogen-bond donors (Lipinski definition) is 2. The zero-order valence-electron chi connectivity index (χ0n) is 21.6. The monoisotopic (exact) mass is 580 g/mol. The molecule has 1 heterocycles. The molecule has 4 atom stereocenters. The van der Waals surface area contributed by atoms with Gasteiger partial charge in [-0.05, 0) is 67.0 Å². The average Bonchev–Trinajstić information content (AvgIpc) is 3.67. The molecule has 1 aliphatic carbocycles. The first-order valence-electron chi connectivity index (χ1n) is 13.0. The van der Waals surface area contributed by atoms with E-state index in [1.54, 1.807) is 36.9 Å². The lowest BCUT2D eigenvalue weighted by atomic mass is 9.67. The summed E-state index contributed by atoms with van der Waals surface area (Å²) in [7, 11) is -3.51. The second-order valence-corrected chi connectivity index (χ2v) is 13.6. The normalized spacial score (nSPS) is 24.8. The van der Waals surface area contributed by atoms with Gasteiger partial charge in [0.15, 0.2) is 0 Å². The first-order valence-corrected chi connectivity index (χ1v) is 15.4. The van der Waals surface area contributed by atoms with Crippen LogP contribution < -0.4 is 4.72 Å². The van der Waals surface area contributed by atoms with Gasteiger partial charge in [-0.15, -0.1) is 0 Å². The van der Waals surface area contributed by atoms with Crippen LogP contribution in [-0.2, 0) is 19.6 Å². The number of aliphatic carboxylic acids is 1. The number of halogens is 2. The molecule has 7 nitrogen and oxygen atoms in total. The molecule has 2 aromatic rings. The molecule has 2 fully saturated rings. The highest BCUT2D eigenvalue weighted by atomic mass is 35.5. The SMILES string of the molecule is CCCS(=O)(=O)NC[C@H](C1CC1)N1C(=O)[C@@](C)(CC(=O)O)CC(c2cccc(Cl)c2)C1c1ccc(Cl)cc1. The molecule has 1 aliphatic heterocycles. The highest BCUT2D eigenvalue weighted by Crippen LogP contribution is 2.54. The summed E-state index contributed by atoms with van der Waals surface area (Å²) in [4.78, 5) is 28.1. The smallest absolute Gasteiger partial charge is 0.304 e. The Morgan fingerprint density at radius 1 is 1.13 bits per heavy atom. The van der Waals surface area contributed by atoms with Crippen molar-refractivity contribution in [2.24, 2.45) is 11.3 Å².